The van der Waals surface area contributed by atoms with E-state index in [2.05, 4.69) is 5.32 Å². The van der Waals surface area contributed by atoms with Gasteiger partial charge in [0.25, 0.3) is 0 Å². The van der Waals surface area contributed by atoms with Gasteiger partial charge in [0.15, 0.2) is 11.5 Å². The van der Waals surface area contributed by atoms with Gasteiger partial charge in [0, 0.05) is 18.2 Å². The van der Waals surface area contributed by atoms with Crippen LogP contribution < -0.4 is 20.5 Å². The van der Waals surface area contributed by atoms with Crippen molar-refractivity contribution in [1.82, 2.24) is 5.32 Å². The van der Waals surface area contributed by atoms with Crippen molar-refractivity contribution in [2.24, 2.45) is 23.5 Å². The van der Waals surface area contributed by atoms with Crippen molar-refractivity contribution in [2.75, 3.05) is 14.2 Å². The number of nitrogens with one attached hydrogen (secondary N) is 1. The minimum atomic E-state index is -0.0321. The molecule has 0 aliphatic heterocycles. The van der Waals surface area contributed by atoms with Crippen LogP contribution in [0.3, 0.4) is 0 Å². The Morgan fingerprint density at radius 3 is 2.61 bits per heavy atom. The van der Waals surface area contributed by atoms with E-state index in [1.807, 2.05) is 18.2 Å². The molecular formula is C17H25ClN2O3. The van der Waals surface area contributed by atoms with Crippen LogP contribution in [0.1, 0.15) is 24.8 Å². The first-order chi connectivity index (χ1) is 10.7. The predicted molar refractivity (Wildman–Crippen MR) is 90.9 cm³/mol. The van der Waals surface area contributed by atoms with Crippen LogP contribution in [0.5, 0.6) is 11.5 Å². The second kappa shape index (κ2) is 7.41. The molecule has 6 heteroatoms. The number of ether oxygens (including phenoxy) is 2. The topological polar surface area (TPSA) is 73.6 Å². The maximum atomic E-state index is 12.5. The minimum absolute atomic E-state index is 0. The number of rotatable bonds is 5. The van der Waals surface area contributed by atoms with Crippen molar-refractivity contribution < 1.29 is 14.3 Å². The average Bonchev–Trinajstić information content (AvgIpc) is 3.13. The Balaban J connectivity index is 0.00000192. The van der Waals surface area contributed by atoms with E-state index >= 15 is 0 Å². The number of hydrogen-bond acceptors (Lipinski definition) is 4. The third kappa shape index (κ3) is 3.26. The molecule has 1 aromatic carbocycles. The molecule has 2 bridgehead atoms. The fourth-order valence-corrected chi connectivity index (χ4v) is 4.12. The maximum Gasteiger partial charge on any atom is 0.225 e. The fourth-order valence-electron chi connectivity index (χ4n) is 4.12. The lowest BCUT2D eigenvalue weighted by atomic mass is 9.84. The highest BCUT2D eigenvalue weighted by molar-refractivity contribution is 5.85. The first-order valence-corrected chi connectivity index (χ1v) is 7.88. The zero-order valence-corrected chi connectivity index (χ0v) is 14.4. The van der Waals surface area contributed by atoms with Gasteiger partial charge in [0.1, 0.15) is 0 Å². The van der Waals surface area contributed by atoms with Gasteiger partial charge in [-0.1, -0.05) is 12.1 Å². The van der Waals surface area contributed by atoms with Crippen LogP contribution in [-0.4, -0.2) is 26.2 Å². The number of carbonyl (C=O) groups excluding carboxylic acids is 1. The van der Waals surface area contributed by atoms with Crippen LogP contribution in [-0.2, 0) is 11.3 Å². The largest absolute Gasteiger partial charge is 0.493 e. The number of fused-ring (bicyclic) bond motifs is 2. The van der Waals surface area contributed by atoms with Crippen molar-refractivity contribution >= 4 is 18.3 Å². The van der Waals surface area contributed by atoms with E-state index in [-0.39, 0.29) is 30.3 Å². The van der Waals surface area contributed by atoms with Gasteiger partial charge in [-0.05, 0) is 37.2 Å². The quantitative estimate of drug-likeness (QED) is 0.861. The molecule has 2 aliphatic rings. The second-order valence-electron chi connectivity index (χ2n) is 6.31. The van der Waals surface area contributed by atoms with Gasteiger partial charge in [-0.15, -0.1) is 12.4 Å². The lowest BCUT2D eigenvalue weighted by Gasteiger charge is -2.27. The van der Waals surface area contributed by atoms with Crippen molar-refractivity contribution in [2.45, 2.75) is 31.8 Å². The summed E-state index contributed by atoms with van der Waals surface area (Å²) in [5, 5.41) is 3.03. The normalized spacial score (nSPS) is 28.1. The molecule has 0 aromatic heterocycles. The standard InChI is InChI=1S/C17H24N2O3.ClH/c1-21-13-5-3-4-12(16(13)22-2)9-19-17(20)14-10-6-7-11(8-10)15(14)18;/h3-5,10-11,14-15H,6-9,18H2,1-2H3,(H,19,20);1H. The summed E-state index contributed by atoms with van der Waals surface area (Å²) in [6.07, 6.45) is 3.43. The Hall–Kier alpha value is -1.46. The molecule has 5 nitrogen and oxygen atoms in total. The van der Waals surface area contributed by atoms with Crippen LogP contribution in [0.4, 0.5) is 0 Å². The van der Waals surface area contributed by atoms with E-state index in [1.54, 1.807) is 14.2 Å². The molecule has 4 atom stereocenters. The van der Waals surface area contributed by atoms with Crippen molar-refractivity contribution in [3.05, 3.63) is 23.8 Å². The number of halogens is 1. The molecule has 0 saturated heterocycles. The Bertz CT molecular complexity index is 565. The number of amides is 1. The lowest BCUT2D eigenvalue weighted by Crippen LogP contribution is -2.45. The minimum Gasteiger partial charge on any atom is -0.493 e. The van der Waals surface area contributed by atoms with Crippen LogP contribution in [0.2, 0.25) is 0 Å². The second-order valence-corrected chi connectivity index (χ2v) is 6.31. The highest BCUT2D eigenvalue weighted by Crippen LogP contribution is 2.47. The van der Waals surface area contributed by atoms with Gasteiger partial charge < -0.3 is 20.5 Å². The van der Waals surface area contributed by atoms with Gasteiger partial charge in [0.05, 0.1) is 20.1 Å². The summed E-state index contributed by atoms with van der Waals surface area (Å²) in [4.78, 5) is 12.5. The summed E-state index contributed by atoms with van der Waals surface area (Å²) < 4.78 is 10.7. The van der Waals surface area contributed by atoms with Crippen molar-refractivity contribution in [1.29, 1.82) is 0 Å². The van der Waals surface area contributed by atoms with Gasteiger partial charge >= 0.3 is 0 Å². The zero-order chi connectivity index (χ0) is 15.7. The molecule has 3 rings (SSSR count). The summed E-state index contributed by atoms with van der Waals surface area (Å²) in [6, 6.07) is 5.69. The van der Waals surface area contributed by atoms with Gasteiger partial charge in [-0.25, -0.2) is 0 Å². The van der Waals surface area contributed by atoms with Crippen LogP contribution in [0.15, 0.2) is 18.2 Å². The van der Waals surface area contributed by atoms with E-state index in [0.29, 0.717) is 29.9 Å². The number of hydrogen-bond donors (Lipinski definition) is 2. The molecule has 2 saturated carbocycles. The van der Waals surface area contributed by atoms with Crippen LogP contribution in [0.25, 0.3) is 0 Å². The molecule has 128 valence electrons. The van der Waals surface area contributed by atoms with Gasteiger partial charge in [0.2, 0.25) is 5.91 Å². The molecule has 23 heavy (non-hydrogen) atoms. The lowest BCUT2D eigenvalue weighted by molar-refractivity contribution is -0.127. The third-order valence-corrected chi connectivity index (χ3v) is 5.22. The van der Waals surface area contributed by atoms with Crippen molar-refractivity contribution in [3.63, 3.8) is 0 Å². The number of para-hydroxylation sites is 1. The average molecular weight is 341 g/mol. The molecular weight excluding hydrogens is 316 g/mol. The monoisotopic (exact) mass is 340 g/mol. The molecule has 0 spiro atoms. The first-order valence-electron chi connectivity index (χ1n) is 7.88. The van der Waals surface area contributed by atoms with Crippen molar-refractivity contribution in [3.8, 4) is 11.5 Å². The first kappa shape index (κ1) is 17.9. The molecule has 0 heterocycles. The summed E-state index contributed by atoms with van der Waals surface area (Å²) >= 11 is 0. The zero-order valence-electron chi connectivity index (χ0n) is 13.6. The molecule has 3 N–H and O–H groups in total. The van der Waals surface area contributed by atoms with Crippen LogP contribution in [0, 0.1) is 17.8 Å². The van der Waals surface area contributed by atoms with Gasteiger partial charge in [-0.3, -0.25) is 4.79 Å². The smallest absolute Gasteiger partial charge is 0.225 e. The van der Waals surface area contributed by atoms with E-state index in [0.717, 1.165) is 18.4 Å². The van der Waals surface area contributed by atoms with E-state index in [4.69, 9.17) is 15.2 Å². The fraction of sp³-hybridized carbons (Fsp3) is 0.588. The Morgan fingerprint density at radius 2 is 2.00 bits per heavy atom. The SMILES string of the molecule is COc1cccc(CNC(=O)C2C3CCC(C3)C2N)c1OC.Cl. The van der Waals surface area contributed by atoms with E-state index < -0.39 is 0 Å². The molecule has 2 aliphatic carbocycles. The number of methoxy groups -OCH3 is 2. The maximum absolute atomic E-state index is 12.5. The number of nitrogens with two attached hydrogens (primary N) is 1. The summed E-state index contributed by atoms with van der Waals surface area (Å²) in [5.74, 6) is 2.38. The summed E-state index contributed by atoms with van der Waals surface area (Å²) in [5.41, 5.74) is 7.14. The highest BCUT2D eigenvalue weighted by atomic mass is 35.5. The highest BCUT2D eigenvalue weighted by Gasteiger charge is 2.48. The third-order valence-electron chi connectivity index (χ3n) is 5.22. The predicted octanol–water partition coefficient (Wildman–Crippen LogP) is 2.12. The summed E-state index contributed by atoms with van der Waals surface area (Å²) in [7, 11) is 3.21. The van der Waals surface area contributed by atoms with E-state index in [1.165, 1.54) is 6.42 Å². The molecule has 1 amide bonds. The molecule has 1 aromatic rings. The number of benzene rings is 1. The Morgan fingerprint density at radius 1 is 1.26 bits per heavy atom. The number of carbonyl (C=O) groups is 1. The Labute approximate surface area is 143 Å². The molecule has 2 fully saturated rings. The van der Waals surface area contributed by atoms with Crippen LogP contribution >= 0.6 is 12.4 Å². The molecule has 0 radical (unpaired) electrons. The van der Waals surface area contributed by atoms with E-state index in [9.17, 15) is 4.79 Å². The molecule has 4 unspecified atom stereocenters. The summed E-state index contributed by atoms with van der Waals surface area (Å²) in [6.45, 7) is 0.430. The van der Waals surface area contributed by atoms with Gasteiger partial charge in [-0.2, -0.15) is 0 Å². The Kier molecular flexibility index (Phi) is 5.76.